The number of nitrogens with zero attached hydrogens (tertiary/aromatic N) is 2. The third-order valence-corrected chi connectivity index (χ3v) is 8.04. The van der Waals surface area contributed by atoms with Crippen molar-refractivity contribution in [3.8, 4) is 11.1 Å². The van der Waals surface area contributed by atoms with E-state index in [0.717, 1.165) is 61.3 Å². The molecule has 2 aliphatic heterocycles. The standard InChI is InChI=1S/C31H29BrN4/c1-17-12-18(2)28(19(3)13-17)29-23-9-8-21(34-23)14-20-6-7-22(33-20)15-27-31(4,5)16-26(36-27)30(32)25-11-10-24(29)35-25/h6-15,33-34H,16H2,1-5H3. The third kappa shape index (κ3) is 3.92. The number of hydrogen-bond acceptors (Lipinski definition) is 2. The lowest BCUT2D eigenvalue weighted by molar-refractivity contribution is 0.543. The summed E-state index contributed by atoms with van der Waals surface area (Å²) in [5.41, 5.74) is 14.2. The Hall–Kier alpha value is -3.44. The van der Waals surface area contributed by atoms with Gasteiger partial charge >= 0.3 is 0 Å². The second kappa shape index (κ2) is 8.31. The highest BCUT2D eigenvalue weighted by molar-refractivity contribution is 9.10. The van der Waals surface area contributed by atoms with Crippen LogP contribution in [0.5, 0.6) is 0 Å². The van der Waals surface area contributed by atoms with Gasteiger partial charge in [-0.2, -0.15) is 0 Å². The summed E-state index contributed by atoms with van der Waals surface area (Å²) in [7, 11) is 0. The average Bonchev–Trinajstić information content (AvgIpc) is 3.59. The molecule has 3 aromatic heterocycles. The van der Waals surface area contributed by atoms with Crippen molar-refractivity contribution in [1.29, 1.82) is 0 Å². The Balaban J connectivity index is 1.77. The molecule has 5 heteroatoms. The van der Waals surface area contributed by atoms with Crippen molar-refractivity contribution >= 4 is 50.1 Å². The lowest BCUT2D eigenvalue weighted by atomic mass is 9.87. The summed E-state index contributed by atoms with van der Waals surface area (Å²) in [5.74, 6) is 0. The van der Waals surface area contributed by atoms with Gasteiger partial charge in [0.25, 0.3) is 0 Å². The maximum absolute atomic E-state index is 5.14. The molecule has 4 aromatic rings. The normalized spacial score (nSPS) is 14.4. The van der Waals surface area contributed by atoms with Crippen LogP contribution >= 0.6 is 15.9 Å². The van der Waals surface area contributed by atoms with Crippen LogP contribution in [0.2, 0.25) is 0 Å². The van der Waals surface area contributed by atoms with E-state index in [-0.39, 0.29) is 5.41 Å². The number of nitrogens with one attached hydrogen (secondary N) is 2. The zero-order valence-electron chi connectivity index (χ0n) is 21.3. The summed E-state index contributed by atoms with van der Waals surface area (Å²) < 4.78 is 0.960. The number of aromatic amines is 2. The minimum Gasteiger partial charge on any atom is -0.355 e. The van der Waals surface area contributed by atoms with Crippen LogP contribution in [0, 0.1) is 20.8 Å². The Labute approximate surface area is 219 Å². The third-order valence-electron chi connectivity index (χ3n) is 7.17. The monoisotopic (exact) mass is 536 g/mol. The van der Waals surface area contributed by atoms with Crippen molar-refractivity contribution in [3.63, 3.8) is 0 Å². The van der Waals surface area contributed by atoms with Crippen molar-refractivity contribution in [3.05, 3.63) is 92.5 Å². The molecule has 2 N–H and O–H groups in total. The lowest BCUT2D eigenvalue weighted by Crippen LogP contribution is -2.15. The summed E-state index contributed by atoms with van der Waals surface area (Å²) in [4.78, 5) is 17.4. The Bertz CT molecular complexity index is 1710. The Kier molecular flexibility index (Phi) is 5.31. The maximum Gasteiger partial charge on any atom is 0.0798 e. The highest BCUT2D eigenvalue weighted by atomic mass is 79.9. The zero-order valence-corrected chi connectivity index (χ0v) is 22.8. The number of hydrogen-bond donors (Lipinski definition) is 2. The van der Waals surface area contributed by atoms with Crippen molar-refractivity contribution < 1.29 is 0 Å². The topological polar surface area (TPSA) is 57.4 Å². The van der Waals surface area contributed by atoms with E-state index in [2.05, 4.69) is 121 Å². The van der Waals surface area contributed by atoms with Gasteiger partial charge in [0.2, 0.25) is 0 Å². The van der Waals surface area contributed by atoms with Crippen molar-refractivity contribution in [2.75, 3.05) is 0 Å². The fourth-order valence-electron chi connectivity index (χ4n) is 5.50. The Morgan fingerprint density at radius 2 is 1.39 bits per heavy atom. The molecule has 0 saturated carbocycles. The zero-order chi connectivity index (χ0) is 25.2. The molecule has 8 bridgehead atoms. The highest BCUT2D eigenvalue weighted by Gasteiger charge is 2.30. The number of aromatic nitrogens is 4. The van der Waals surface area contributed by atoms with Gasteiger partial charge in [0.05, 0.1) is 21.6 Å². The molecular weight excluding hydrogens is 508 g/mol. The van der Waals surface area contributed by atoms with Gasteiger partial charge in [-0.15, -0.1) is 0 Å². The van der Waals surface area contributed by atoms with E-state index in [9.17, 15) is 0 Å². The highest BCUT2D eigenvalue weighted by Crippen LogP contribution is 2.38. The molecule has 1 aromatic carbocycles. The van der Waals surface area contributed by atoms with Crippen LogP contribution in [-0.2, 0) is 11.8 Å². The summed E-state index contributed by atoms with van der Waals surface area (Å²) in [6, 6.07) is 17.3. The molecule has 0 saturated heterocycles. The fraction of sp³-hybridized carbons (Fsp3) is 0.226. The summed E-state index contributed by atoms with van der Waals surface area (Å²) in [6.07, 6.45) is 5.08. The molecule has 0 fully saturated rings. The first-order valence-electron chi connectivity index (χ1n) is 12.3. The minimum absolute atomic E-state index is 0.0614. The van der Waals surface area contributed by atoms with E-state index in [1.165, 1.54) is 22.3 Å². The number of aryl methyl sites for hydroxylation is 3. The van der Waals surface area contributed by atoms with Gasteiger partial charge in [0, 0.05) is 45.2 Å². The molecule has 6 rings (SSSR count). The fourth-order valence-corrected chi connectivity index (χ4v) is 5.95. The predicted molar refractivity (Wildman–Crippen MR) is 154 cm³/mol. The van der Waals surface area contributed by atoms with E-state index >= 15 is 0 Å². The second-order valence-electron chi connectivity index (χ2n) is 10.7. The van der Waals surface area contributed by atoms with E-state index in [1.807, 2.05) is 0 Å². The summed E-state index contributed by atoms with van der Waals surface area (Å²) >= 11 is 3.86. The first-order valence-corrected chi connectivity index (χ1v) is 13.1. The maximum atomic E-state index is 5.14. The first-order chi connectivity index (χ1) is 17.2. The number of halogens is 1. The number of benzene rings is 1. The van der Waals surface area contributed by atoms with Crippen LogP contribution in [0.4, 0.5) is 0 Å². The van der Waals surface area contributed by atoms with Crippen molar-refractivity contribution in [2.45, 2.75) is 46.5 Å². The van der Waals surface area contributed by atoms with E-state index < -0.39 is 0 Å². The Morgan fingerprint density at radius 3 is 2.14 bits per heavy atom. The SMILES string of the molecule is Cc1cc(C)c(-c2c3nc(c(Br)c4nc(cc5ccc(cc6ccc2[nH]6)[nH]5)C(C)(C)C4)C=C3)c(C)c1. The van der Waals surface area contributed by atoms with Gasteiger partial charge in [-0.05, 0) is 102 Å². The van der Waals surface area contributed by atoms with Crippen molar-refractivity contribution in [1.82, 2.24) is 19.9 Å². The van der Waals surface area contributed by atoms with Crippen LogP contribution in [0.1, 0.15) is 53.3 Å². The minimum atomic E-state index is -0.0614. The van der Waals surface area contributed by atoms with Gasteiger partial charge in [-0.25, -0.2) is 4.98 Å². The molecule has 0 aliphatic carbocycles. The number of H-pyrrole nitrogens is 2. The smallest absolute Gasteiger partial charge is 0.0798 e. The molecule has 36 heavy (non-hydrogen) atoms. The molecule has 0 unspecified atom stereocenters. The first kappa shape index (κ1) is 23.0. The molecule has 4 nitrogen and oxygen atoms in total. The molecular formula is C31H29BrN4. The molecule has 0 spiro atoms. The van der Waals surface area contributed by atoms with E-state index in [0.29, 0.717) is 0 Å². The van der Waals surface area contributed by atoms with Gasteiger partial charge in [0.15, 0.2) is 0 Å². The van der Waals surface area contributed by atoms with Gasteiger partial charge in [0.1, 0.15) is 0 Å². The van der Waals surface area contributed by atoms with Gasteiger partial charge < -0.3 is 9.97 Å². The molecule has 0 amide bonds. The van der Waals surface area contributed by atoms with E-state index in [4.69, 9.17) is 9.97 Å². The van der Waals surface area contributed by atoms with Crippen LogP contribution < -0.4 is 0 Å². The molecule has 0 radical (unpaired) electrons. The second-order valence-corrected chi connectivity index (χ2v) is 11.5. The quantitative estimate of drug-likeness (QED) is 0.226. The van der Waals surface area contributed by atoms with Crippen LogP contribution in [0.3, 0.4) is 0 Å². The molecule has 0 atom stereocenters. The van der Waals surface area contributed by atoms with Gasteiger partial charge in [-0.1, -0.05) is 31.5 Å². The van der Waals surface area contributed by atoms with Crippen LogP contribution in [0.25, 0.3) is 45.3 Å². The van der Waals surface area contributed by atoms with Crippen molar-refractivity contribution in [2.24, 2.45) is 0 Å². The van der Waals surface area contributed by atoms with Crippen LogP contribution in [-0.4, -0.2) is 19.9 Å². The Morgan fingerprint density at radius 1 is 0.750 bits per heavy atom. The molecule has 5 heterocycles. The summed E-state index contributed by atoms with van der Waals surface area (Å²) in [5, 5.41) is 0. The largest absolute Gasteiger partial charge is 0.355 e. The number of fused-ring (bicyclic) bond motifs is 8. The number of rotatable bonds is 1. The average molecular weight is 538 g/mol. The lowest BCUT2D eigenvalue weighted by Gasteiger charge is -2.15. The molecule has 2 aliphatic rings. The van der Waals surface area contributed by atoms with E-state index in [1.54, 1.807) is 0 Å². The molecule has 180 valence electrons. The van der Waals surface area contributed by atoms with Gasteiger partial charge in [-0.3, -0.25) is 4.98 Å². The predicted octanol–water partition coefficient (Wildman–Crippen LogP) is 8.36. The summed E-state index contributed by atoms with van der Waals surface area (Å²) in [6.45, 7) is 11.0. The van der Waals surface area contributed by atoms with Crippen LogP contribution in [0.15, 0.2) is 53.0 Å².